The molecule has 0 aliphatic heterocycles. The lowest BCUT2D eigenvalue weighted by molar-refractivity contribution is 0.158. The largest absolute Gasteiger partial charge is 0.314 e. The Balaban J connectivity index is 1.85. The quantitative estimate of drug-likeness (QED) is 0.752. The maximum atomic E-state index is 3.68. The Hall–Kier alpha value is -0.0400. The van der Waals surface area contributed by atoms with Gasteiger partial charge in [0.1, 0.15) is 0 Å². The molecule has 2 rings (SSSR count). The second-order valence-corrected chi connectivity index (χ2v) is 7.12. The topological polar surface area (TPSA) is 12.0 Å². The van der Waals surface area contributed by atoms with Gasteiger partial charge in [0, 0.05) is 6.04 Å². The van der Waals surface area contributed by atoms with Crippen molar-refractivity contribution >= 4 is 0 Å². The maximum Gasteiger partial charge on any atom is 0.00104 e. The van der Waals surface area contributed by atoms with E-state index in [1.54, 1.807) is 6.42 Å². The summed E-state index contributed by atoms with van der Waals surface area (Å²) in [6.45, 7) is 8.21. The number of hydrogen-bond donors (Lipinski definition) is 1. The molecule has 4 unspecified atom stereocenters. The Morgan fingerprint density at radius 1 is 1.06 bits per heavy atom. The van der Waals surface area contributed by atoms with Gasteiger partial charge in [-0.15, -0.1) is 0 Å². The third-order valence-corrected chi connectivity index (χ3v) is 5.51. The first-order valence-electron chi connectivity index (χ1n) is 8.44. The van der Waals surface area contributed by atoms with Gasteiger partial charge in [-0.05, 0) is 49.5 Å². The molecule has 2 saturated carbocycles. The molecule has 0 heterocycles. The second kappa shape index (κ2) is 6.93. The van der Waals surface area contributed by atoms with Gasteiger partial charge in [-0.2, -0.15) is 0 Å². The molecule has 0 radical (unpaired) electrons. The Morgan fingerprint density at radius 3 is 2.56 bits per heavy atom. The highest BCUT2D eigenvalue weighted by Crippen LogP contribution is 2.44. The fraction of sp³-hybridized carbons (Fsp3) is 1.00. The van der Waals surface area contributed by atoms with Gasteiger partial charge in [0.05, 0.1) is 0 Å². The first-order valence-corrected chi connectivity index (χ1v) is 8.44. The zero-order chi connectivity index (χ0) is 13.0. The molecule has 2 aliphatic carbocycles. The van der Waals surface area contributed by atoms with Crippen molar-refractivity contribution in [3.05, 3.63) is 0 Å². The number of rotatable bonds is 5. The minimum atomic E-state index is 0.654. The predicted octanol–water partition coefficient (Wildman–Crippen LogP) is 4.62. The molecule has 0 aromatic heterocycles. The van der Waals surface area contributed by atoms with Gasteiger partial charge in [0.2, 0.25) is 0 Å². The van der Waals surface area contributed by atoms with E-state index >= 15 is 0 Å². The molecule has 4 atom stereocenters. The molecule has 2 fully saturated rings. The third-order valence-electron chi connectivity index (χ3n) is 5.51. The molecule has 0 saturated heterocycles. The number of nitrogens with one attached hydrogen (secondary N) is 1. The van der Waals surface area contributed by atoms with Crippen LogP contribution in [0.15, 0.2) is 0 Å². The average Bonchev–Trinajstić information content (AvgIpc) is 2.84. The summed E-state index contributed by atoms with van der Waals surface area (Å²) in [4.78, 5) is 0. The van der Waals surface area contributed by atoms with Crippen LogP contribution in [0.1, 0.15) is 72.1 Å². The first-order chi connectivity index (χ1) is 8.70. The Morgan fingerprint density at radius 2 is 1.83 bits per heavy atom. The molecular weight excluding hydrogens is 218 g/mol. The molecule has 106 valence electrons. The van der Waals surface area contributed by atoms with Crippen LogP contribution in [-0.4, -0.2) is 12.6 Å². The molecule has 0 aromatic carbocycles. The third kappa shape index (κ3) is 3.73. The summed E-state index contributed by atoms with van der Waals surface area (Å²) >= 11 is 0. The van der Waals surface area contributed by atoms with Gasteiger partial charge < -0.3 is 5.32 Å². The summed E-state index contributed by atoms with van der Waals surface area (Å²) < 4.78 is 0. The zero-order valence-corrected chi connectivity index (χ0v) is 12.8. The highest BCUT2D eigenvalue weighted by atomic mass is 14.9. The molecular formula is C17H33N. The van der Waals surface area contributed by atoms with Gasteiger partial charge in [-0.3, -0.25) is 0 Å². The van der Waals surface area contributed by atoms with Crippen LogP contribution in [-0.2, 0) is 0 Å². The molecule has 1 N–H and O–H groups in total. The smallest absolute Gasteiger partial charge is 0.00104 e. The summed E-state index contributed by atoms with van der Waals surface area (Å²) in [6, 6.07) is 0.654. The standard InChI is InChI=1S/C17H33N/c1-4-14-7-5-8-15(11-14)17-10-6-9-16(17)12-18-13(2)3/h13-18H,4-12H2,1-3H3. The zero-order valence-electron chi connectivity index (χ0n) is 12.8. The van der Waals surface area contributed by atoms with Gasteiger partial charge in [-0.25, -0.2) is 0 Å². The molecule has 18 heavy (non-hydrogen) atoms. The predicted molar refractivity (Wildman–Crippen MR) is 79.7 cm³/mol. The second-order valence-electron chi connectivity index (χ2n) is 7.12. The lowest BCUT2D eigenvalue weighted by Gasteiger charge is -2.35. The van der Waals surface area contributed by atoms with E-state index in [1.807, 2.05) is 0 Å². The molecule has 1 nitrogen and oxygen atoms in total. The van der Waals surface area contributed by atoms with Gasteiger partial charge in [0.25, 0.3) is 0 Å². The molecule has 2 aliphatic rings. The Kier molecular flexibility index (Phi) is 5.54. The van der Waals surface area contributed by atoms with Crippen LogP contribution in [0.3, 0.4) is 0 Å². The Bertz CT molecular complexity index is 236. The van der Waals surface area contributed by atoms with Crippen LogP contribution in [0.25, 0.3) is 0 Å². The lowest BCUT2D eigenvalue weighted by atomic mass is 9.71. The lowest BCUT2D eigenvalue weighted by Crippen LogP contribution is -2.34. The number of hydrogen-bond acceptors (Lipinski definition) is 1. The van der Waals surface area contributed by atoms with Crippen LogP contribution in [0.2, 0.25) is 0 Å². The summed E-state index contributed by atoms with van der Waals surface area (Å²) in [7, 11) is 0. The van der Waals surface area contributed by atoms with Crippen molar-refractivity contribution in [2.75, 3.05) is 6.54 Å². The molecule has 0 spiro atoms. The van der Waals surface area contributed by atoms with Gasteiger partial charge >= 0.3 is 0 Å². The van der Waals surface area contributed by atoms with Crippen LogP contribution >= 0.6 is 0 Å². The Labute approximate surface area is 114 Å². The van der Waals surface area contributed by atoms with Crippen LogP contribution < -0.4 is 5.32 Å². The van der Waals surface area contributed by atoms with E-state index in [0.29, 0.717) is 6.04 Å². The fourth-order valence-corrected chi connectivity index (χ4v) is 4.42. The van der Waals surface area contributed by atoms with E-state index in [1.165, 1.54) is 51.5 Å². The van der Waals surface area contributed by atoms with E-state index < -0.39 is 0 Å². The van der Waals surface area contributed by atoms with Crippen molar-refractivity contribution in [3.8, 4) is 0 Å². The molecule has 0 amide bonds. The van der Waals surface area contributed by atoms with E-state index in [-0.39, 0.29) is 0 Å². The monoisotopic (exact) mass is 251 g/mol. The molecule has 0 aromatic rings. The minimum absolute atomic E-state index is 0.654. The van der Waals surface area contributed by atoms with Crippen LogP contribution in [0.5, 0.6) is 0 Å². The van der Waals surface area contributed by atoms with Crippen molar-refractivity contribution in [1.82, 2.24) is 5.32 Å². The van der Waals surface area contributed by atoms with E-state index in [4.69, 9.17) is 0 Å². The van der Waals surface area contributed by atoms with Gasteiger partial charge in [-0.1, -0.05) is 52.9 Å². The summed E-state index contributed by atoms with van der Waals surface area (Å²) in [5.41, 5.74) is 0. The maximum absolute atomic E-state index is 3.68. The summed E-state index contributed by atoms with van der Waals surface area (Å²) in [6.07, 6.45) is 12.0. The van der Waals surface area contributed by atoms with Crippen molar-refractivity contribution < 1.29 is 0 Å². The minimum Gasteiger partial charge on any atom is -0.314 e. The van der Waals surface area contributed by atoms with Crippen molar-refractivity contribution in [2.45, 2.75) is 78.2 Å². The normalized spacial score (nSPS) is 37.3. The fourth-order valence-electron chi connectivity index (χ4n) is 4.42. The van der Waals surface area contributed by atoms with Crippen molar-refractivity contribution in [3.63, 3.8) is 0 Å². The summed E-state index contributed by atoms with van der Waals surface area (Å²) in [5.74, 6) is 4.13. The van der Waals surface area contributed by atoms with E-state index in [9.17, 15) is 0 Å². The SMILES string of the molecule is CCC1CCCC(C2CCCC2CNC(C)C)C1. The van der Waals surface area contributed by atoms with Crippen LogP contribution in [0, 0.1) is 23.7 Å². The highest BCUT2D eigenvalue weighted by Gasteiger charge is 2.35. The highest BCUT2D eigenvalue weighted by molar-refractivity contribution is 4.87. The van der Waals surface area contributed by atoms with Crippen molar-refractivity contribution in [1.29, 1.82) is 0 Å². The average molecular weight is 251 g/mol. The van der Waals surface area contributed by atoms with E-state index in [2.05, 4.69) is 26.1 Å². The van der Waals surface area contributed by atoms with Crippen molar-refractivity contribution in [2.24, 2.45) is 23.7 Å². The molecule has 0 bridgehead atoms. The first kappa shape index (κ1) is 14.4. The van der Waals surface area contributed by atoms with Crippen LogP contribution in [0.4, 0.5) is 0 Å². The van der Waals surface area contributed by atoms with Gasteiger partial charge in [0.15, 0.2) is 0 Å². The van der Waals surface area contributed by atoms with E-state index in [0.717, 1.165) is 23.7 Å². The summed E-state index contributed by atoms with van der Waals surface area (Å²) in [5, 5.41) is 3.68. The molecule has 1 heteroatoms.